The molecule has 13 nitrogen and oxygen atoms in total. The van der Waals surface area contributed by atoms with Crippen LogP contribution >= 0.6 is 0 Å². The first-order chi connectivity index (χ1) is 22.9. The SMILES string of the molecule is CC(=O)O.CC(C)(C)OC(=O)N1CCC[C@@H](C(=O)Nc2ccccc2N)C1.CC(C)(C)OC(=O)N1CCC[C@@H](c2nc3ccccc3[nH]2)C1. The van der Waals surface area contributed by atoms with Crippen molar-refractivity contribution >= 4 is 46.5 Å². The van der Waals surface area contributed by atoms with Crippen molar-refractivity contribution in [2.24, 2.45) is 5.92 Å². The quantitative estimate of drug-likeness (QED) is 0.221. The summed E-state index contributed by atoms with van der Waals surface area (Å²) in [5.41, 5.74) is 8.01. The number of imidazole rings is 1. The van der Waals surface area contributed by atoms with Gasteiger partial charge in [0.05, 0.1) is 28.3 Å². The first-order valence-electron chi connectivity index (χ1n) is 16.7. The number of carboxylic acids is 1. The number of fused-ring (bicyclic) bond motifs is 1. The van der Waals surface area contributed by atoms with E-state index < -0.39 is 17.2 Å². The van der Waals surface area contributed by atoms with Gasteiger partial charge < -0.3 is 40.4 Å². The summed E-state index contributed by atoms with van der Waals surface area (Å²) in [5, 5.41) is 10.3. The molecule has 1 aromatic heterocycles. The number of nitrogens with two attached hydrogens (primary N) is 1. The Morgan fingerprint density at radius 1 is 0.857 bits per heavy atom. The van der Waals surface area contributed by atoms with Crippen molar-refractivity contribution in [3.63, 3.8) is 0 Å². The van der Waals surface area contributed by atoms with Gasteiger partial charge in [-0.2, -0.15) is 0 Å². The highest BCUT2D eigenvalue weighted by atomic mass is 16.6. The van der Waals surface area contributed by atoms with Gasteiger partial charge in [0, 0.05) is 39.0 Å². The minimum atomic E-state index is -0.833. The number of aromatic amines is 1. The Labute approximate surface area is 288 Å². The zero-order chi connectivity index (χ0) is 36.4. The lowest BCUT2D eigenvalue weighted by atomic mass is 9.97. The van der Waals surface area contributed by atoms with E-state index in [9.17, 15) is 14.4 Å². The highest BCUT2D eigenvalue weighted by Crippen LogP contribution is 2.28. The van der Waals surface area contributed by atoms with Crippen LogP contribution < -0.4 is 11.1 Å². The molecule has 0 radical (unpaired) electrons. The Morgan fingerprint density at radius 3 is 1.96 bits per heavy atom. The van der Waals surface area contributed by atoms with Crippen LogP contribution in [0.2, 0.25) is 0 Å². The van der Waals surface area contributed by atoms with Gasteiger partial charge in [0.2, 0.25) is 5.91 Å². The zero-order valence-electron chi connectivity index (χ0n) is 29.7. The number of nitrogen functional groups attached to an aromatic ring is 1. The number of carbonyl (C=O) groups is 4. The Bertz CT molecular complexity index is 1540. The summed E-state index contributed by atoms with van der Waals surface area (Å²) in [6.45, 7) is 14.7. The second kappa shape index (κ2) is 17.0. The van der Waals surface area contributed by atoms with Crippen molar-refractivity contribution in [1.29, 1.82) is 0 Å². The van der Waals surface area contributed by atoms with Crippen molar-refractivity contribution in [3.8, 4) is 0 Å². The van der Waals surface area contributed by atoms with Crippen LogP contribution in [0.25, 0.3) is 11.0 Å². The molecular formula is C36H52N6O7. The Kier molecular flexibility index (Phi) is 13.4. The maximum absolute atomic E-state index is 12.4. The second-order valence-electron chi connectivity index (χ2n) is 14.3. The largest absolute Gasteiger partial charge is 0.481 e. The molecule has 5 N–H and O–H groups in total. The normalized spacial score (nSPS) is 17.9. The van der Waals surface area contributed by atoms with E-state index >= 15 is 0 Å². The standard InChI is InChI=1S/C17H25N3O3.C17H23N3O2.C2H4O2/c1-17(2,3)23-16(22)20-10-6-7-12(11-20)15(21)19-14-9-5-4-8-13(14)18;1-17(2,3)22-16(21)20-10-6-7-12(11-20)15-18-13-8-4-5-9-14(13)19-15;1-2(3)4/h4-5,8-9,12H,6-7,10-11,18H2,1-3H3,(H,19,21);4-5,8-9,12H,6-7,10-11H2,1-3H3,(H,18,19);1H3,(H,3,4)/t2*12-;/m11./s1. The fourth-order valence-electron chi connectivity index (χ4n) is 5.39. The van der Waals surface area contributed by atoms with Gasteiger partial charge in [-0.05, 0) is 91.5 Å². The number of H-pyrrole nitrogens is 1. The molecule has 5 rings (SSSR count). The van der Waals surface area contributed by atoms with E-state index in [1.807, 2.05) is 77.9 Å². The molecule has 0 aliphatic carbocycles. The van der Waals surface area contributed by atoms with Crippen LogP contribution in [0.4, 0.5) is 21.0 Å². The topological polar surface area (TPSA) is 180 Å². The van der Waals surface area contributed by atoms with Gasteiger partial charge >= 0.3 is 12.2 Å². The number of likely N-dealkylation sites (tertiary alicyclic amines) is 2. The molecule has 268 valence electrons. The highest BCUT2D eigenvalue weighted by Gasteiger charge is 2.32. The predicted molar refractivity (Wildman–Crippen MR) is 189 cm³/mol. The molecule has 0 spiro atoms. The molecule has 3 heterocycles. The summed E-state index contributed by atoms with van der Waals surface area (Å²) >= 11 is 0. The molecule has 2 fully saturated rings. The molecule has 2 atom stereocenters. The lowest BCUT2D eigenvalue weighted by Crippen LogP contribution is -2.45. The molecule has 3 aromatic rings. The number of carboxylic acid groups (broad SMARTS) is 1. The third kappa shape index (κ3) is 13.0. The van der Waals surface area contributed by atoms with Crippen LogP contribution in [0.15, 0.2) is 48.5 Å². The van der Waals surface area contributed by atoms with Crippen LogP contribution in [-0.2, 0) is 19.1 Å². The van der Waals surface area contributed by atoms with E-state index in [0.717, 1.165) is 56.0 Å². The summed E-state index contributed by atoms with van der Waals surface area (Å²) in [6, 6.07) is 15.2. The van der Waals surface area contributed by atoms with E-state index in [0.29, 0.717) is 31.0 Å². The summed E-state index contributed by atoms with van der Waals surface area (Å²) in [5.74, 6) is 0.00941. The number of nitrogens with one attached hydrogen (secondary N) is 2. The third-order valence-electron chi connectivity index (χ3n) is 7.53. The molecule has 2 aliphatic heterocycles. The number of hydrogen-bond acceptors (Lipinski definition) is 8. The maximum atomic E-state index is 12.4. The van der Waals surface area contributed by atoms with Gasteiger partial charge in [0.25, 0.3) is 5.97 Å². The number of amides is 3. The van der Waals surface area contributed by atoms with Gasteiger partial charge in [-0.25, -0.2) is 14.6 Å². The molecular weight excluding hydrogens is 628 g/mol. The summed E-state index contributed by atoms with van der Waals surface area (Å²) in [4.78, 5) is 57.3. The summed E-state index contributed by atoms with van der Waals surface area (Å²) in [6.07, 6.45) is 2.95. The number of carbonyl (C=O) groups excluding carboxylic acids is 3. The minimum absolute atomic E-state index is 0.115. The predicted octanol–water partition coefficient (Wildman–Crippen LogP) is 6.62. The third-order valence-corrected chi connectivity index (χ3v) is 7.53. The summed E-state index contributed by atoms with van der Waals surface area (Å²) < 4.78 is 10.9. The van der Waals surface area contributed by atoms with E-state index in [4.69, 9.17) is 25.1 Å². The fraction of sp³-hybridized carbons (Fsp3) is 0.528. The van der Waals surface area contributed by atoms with Crippen LogP contribution in [0.3, 0.4) is 0 Å². The van der Waals surface area contributed by atoms with E-state index in [-0.39, 0.29) is 29.9 Å². The Balaban J connectivity index is 0.000000240. The van der Waals surface area contributed by atoms with Crippen LogP contribution in [0.5, 0.6) is 0 Å². The monoisotopic (exact) mass is 680 g/mol. The lowest BCUT2D eigenvalue weighted by Gasteiger charge is -2.33. The zero-order valence-corrected chi connectivity index (χ0v) is 29.7. The number of aliphatic carboxylic acids is 1. The van der Waals surface area contributed by atoms with Crippen LogP contribution in [0.1, 0.15) is 85.9 Å². The van der Waals surface area contributed by atoms with E-state index in [2.05, 4.69) is 15.3 Å². The average Bonchev–Trinajstić information content (AvgIpc) is 3.45. The first kappa shape index (κ1) is 38.6. The smallest absolute Gasteiger partial charge is 0.410 e. The molecule has 0 saturated carbocycles. The van der Waals surface area contributed by atoms with Crippen LogP contribution in [0, 0.1) is 5.92 Å². The number of aromatic nitrogens is 2. The minimum Gasteiger partial charge on any atom is -0.481 e. The van der Waals surface area contributed by atoms with Gasteiger partial charge in [-0.3, -0.25) is 9.59 Å². The molecule has 2 saturated heterocycles. The number of nitrogens with zero attached hydrogens (tertiary/aromatic N) is 3. The van der Waals surface area contributed by atoms with Gasteiger partial charge in [0.15, 0.2) is 0 Å². The number of benzene rings is 2. The maximum Gasteiger partial charge on any atom is 0.410 e. The number of piperidine rings is 2. The highest BCUT2D eigenvalue weighted by molar-refractivity contribution is 5.95. The molecule has 2 aliphatic rings. The number of para-hydroxylation sites is 4. The molecule has 3 amide bonds. The number of anilines is 2. The number of rotatable bonds is 3. The fourth-order valence-corrected chi connectivity index (χ4v) is 5.39. The lowest BCUT2D eigenvalue weighted by molar-refractivity contribution is -0.134. The van der Waals surface area contributed by atoms with Crippen molar-refractivity contribution in [2.75, 3.05) is 37.2 Å². The number of ether oxygens (including phenoxy) is 2. The van der Waals surface area contributed by atoms with Gasteiger partial charge in [-0.1, -0.05) is 24.3 Å². The van der Waals surface area contributed by atoms with Gasteiger partial charge in [-0.15, -0.1) is 0 Å². The number of hydrogen-bond donors (Lipinski definition) is 4. The van der Waals surface area contributed by atoms with Crippen molar-refractivity contribution in [3.05, 3.63) is 54.4 Å². The average molecular weight is 681 g/mol. The molecule has 2 aromatic carbocycles. The Morgan fingerprint density at radius 2 is 1.39 bits per heavy atom. The van der Waals surface area contributed by atoms with Crippen molar-refractivity contribution < 1.29 is 33.8 Å². The van der Waals surface area contributed by atoms with E-state index in [1.165, 1.54) is 0 Å². The van der Waals surface area contributed by atoms with Crippen molar-refractivity contribution in [2.45, 2.75) is 91.3 Å². The van der Waals surface area contributed by atoms with Crippen LogP contribution in [-0.4, -0.2) is 86.3 Å². The molecule has 49 heavy (non-hydrogen) atoms. The van der Waals surface area contributed by atoms with Crippen molar-refractivity contribution in [1.82, 2.24) is 19.8 Å². The molecule has 13 heteroatoms. The first-order valence-corrected chi connectivity index (χ1v) is 16.7. The Hall–Kier alpha value is -4.81. The van der Waals surface area contributed by atoms with E-state index in [1.54, 1.807) is 21.9 Å². The second-order valence-corrected chi connectivity index (χ2v) is 14.3. The summed E-state index contributed by atoms with van der Waals surface area (Å²) in [7, 11) is 0. The molecule has 0 bridgehead atoms. The molecule has 0 unspecified atom stereocenters. The van der Waals surface area contributed by atoms with Gasteiger partial charge in [0.1, 0.15) is 17.0 Å².